The lowest BCUT2D eigenvalue weighted by Crippen LogP contribution is -2.30. The van der Waals surface area contributed by atoms with Crippen LogP contribution in [0.25, 0.3) is 0 Å². The van der Waals surface area contributed by atoms with E-state index in [-0.39, 0.29) is 18.4 Å². The van der Waals surface area contributed by atoms with Crippen molar-refractivity contribution in [2.75, 3.05) is 30.9 Å². The fraction of sp³-hybridized carbons (Fsp3) is 0.167. The van der Waals surface area contributed by atoms with Crippen LogP contribution in [0.15, 0.2) is 84.9 Å². The third kappa shape index (κ3) is 5.69. The summed E-state index contributed by atoms with van der Waals surface area (Å²) in [5.74, 6) is -0.232. The van der Waals surface area contributed by atoms with Gasteiger partial charge in [0.2, 0.25) is 5.91 Å². The predicted molar refractivity (Wildman–Crippen MR) is 117 cm³/mol. The lowest BCUT2D eigenvalue weighted by molar-refractivity contribution is -0.114. The molecule has 1 N–H and O–H groups in total. The van der Waals surface area contributed by atoms with Gasteiger partial charge in [-0.1, -0.05) is 54.6 Å². The average Bonchev–Trinajstić information content (AvgIpc) is 2.74. The number of para-hydroxylation sites is 1. The molecule has 0 aliphatic rings. The Kier molecular flexibility index (Phi) is 6.63. The monoisotopic (exact) mass is 387 g/mol. The molecule has 0 aromatic heterocycles. The van der Waals surface area contributed by atoms with E-state index in [9.17, 15) is 9.59 Å². The van der Waals surface area contributed by atoms with Gasteiger partial charge in [0, 0.05) is 37.6 Å². The van der Waals surface area contributed by atoms with Crippen molar-refractivity contribution in [1.82, 2.24) is 4.90 Å². The molecule has 0 atom stereocenters. The van der Waals surface area contributed by atoms with Gasteiger partial charge < -0.3 is 15.1 Å². The molecule has 5 heteroatoms. The van der Waals surface area contributed by atoms with E-state index >= 15 is 0 Å². The highest BCUT2D eigenvalue weighted by molar-refractivity contribution is 5.98. The molecule has 0 aliphatic heterocycles. The Balaban J connectivity index is 1.61. The van der Waals surface area contributed by atoms with Gasteiger partial charge in [-0.25, -0.2) is 0 Å². The quantitative estimate of drug-likeness (QED) is 0.666. The van der Waals surface area contributed by atoms with Gasteiger partial charge in [0.25, 0.3) is 5.91 Å². The van der Waals surface area contributed by atoms with Gasteiger partial charge in [-0.2, -0.15) is 0 Å². The first-order valence-electron chi connectivity index (χ1n) is 9.48. The smallest absolute Gasteiger partial charge is 0.253 e. The lowest BCUT2D eigenvalue weighted by atomic mass is 10.1. The van der Waals surface area contributed by atoms with E-state index in [0.29, 0.717) is 17.8 Å². The Morgan fingerprint density at radius 2 is 1.48 bits per heavy atom. The van der Waals surface area contributed by atoms with Gasteiger partial charge in [0.05, 0.1) is 6.54 Å². The molecule has 0 unspecified atom stereocenters. The first-order chi connectivity index (χ1) is 14.0. The number of anilines is 2. The van der Waals surface area contributed by atoms with Crippen LogP contribution < -0.4 is 10.2 Å². The van der Waals surface area contributed by atoms with Crippen molar-refractivity contribution in [3.8, 4) is 0 Å². The summed E-state index contributed by atoms with van der Waals surface area (Å²) in [4.78, 5) is 28.7. The fourth-order valence-electron chi connectivity index (χ4n) is 3.07. The van der Waals surface area contributed by atoms with Crippen LogP contribution in [0.3, 0.4) is 0 Å². The second kappa shape index (κ2) is 9.55. The van der Waals surface area contributed by atoms with Crippen LogP contribution >= 0.6 is 0 Å². The van der Waals surface area contributed by atoms with Crippen molar-refractivity contribution >= 4 is 23.2 Å². The zero-order valence-electron chi connectivity index (χ0n) is 16.7. The molecule has 3 aromatic rings. The van der Waals surface area contributed by atoms with Crippen LogP contribution in [0, 0.1) is 0 Å². The minimum absolute atomic E-state index is 0.0913. The maximum atomic E-state index is 12.8. The molecule has 0 bridgehead atoms. The largest absolute Gasteiger partial charge is 0.365 e. The number of hydrogen-bond acceptors (Lipinski definition) is 3. The van der Waals surface area contributed by atoms with Crippen LogP contribution in [0.4, 0.5) is 11.4 Å². The van der Waals surface area contributed by atoms with Crippen LogP contribution in [-0.4, -0.2) is 37.4 Å². The van der Waals surface area contributed by atoms with Gasteiger partial charge in [-0.3, -0.25) is 9.59 Å². The van der Waals surface area contributed by atoms with E-state index in [0.717, 1.165) is 11.3 Å². The maximum Gasteiger partial charge on any atom is 0.253 e. The third-order valence-corrected chi connectivity index (χ3v) is 4.58. The molecule has 0 saturated heterocycles. The summed E-state index contributed by atoms with van der Waals surface area (Å²) in [5.41, 5.74) is 3.18. The summed E-state index contributed by atoms with van der Waals surface area (Å²) in [7, 11) is 3.64. The Morgan fingerprint density at radius 1 is 0.828 bits per heavy atom. The van der Waals surface area contributed by atoms with Gasteiger partial charge >= 0.3 is 0 Å². The molecule has 5 nitrogen and oxygen atoms in total. The second-order valence-corrected chi connectivity index (χ2v) is 6.97. The summed E-state index contributed by atoms with van der Waals surface area (Å²) in [5, 5.41) is 2.88. The Morgan fingerprint density at radius 3 is 2.17 bits per heavy atom. The molecular weight excluding hydrogens is 362 g/mol. The number of likely N-dealkylation sites (N-methyl/N-ethyl adjacent to an activating group) is 1. The van der Waals surface area contributed by atoms with Crippen molar-refractivity contribution in [2.24, 2.45) is 0 Å². The maximum absolute atomic E-state index is 12.8. The molecule has 0 saturated carbocycles. The molecule has 0 fully saturated rings. The van der Waals surface area contributed by atoms with Crippen molar-refractivity contribution < 1.29 is 9.59 Å². The van der Waals surface area contributed by atoms with Crippen LogP contribution in [0.1, 0.15) is 15.9 Å². The first kappa shape index (κ1) is 20.1. The van der Waals surface area contributed by atoms with E-state index < -0.39 is 0 Å². The minimum Gasteiger partial charge on any atom is -0.365 e. The molecule has 0 heterocycles. The Labute approximate surface area is 171 Å². The van der Waals surface area contributed by atoms with E-state index in [1.165, 1.54) is 0 Å². The normalized spacial score (nSPS) is 10.3. The summed E-state index contributed by atoms with van der Waals surface area (Å²) >= 11 is 0. The minimum atomic E-state index is -0.140. The number of hydrogen-bond donors (Lipinski definition) is 1. The van der Waals surface area contributed by atoms with Crippen molar-refractivity contribution in [1.29, 1.82) is 0 Å². The van der Waals surface area contributed by atoms with Gasteiger partial charge in [-0.15, -0.1) is 0 Å². The van der Waals surface area contributed by atoms with Crippen LogP contribution in [0.5, 0.6) is 0 Å². The van der Waals surface area contributed by atoms with E-state index in [1.54, 1.807) is 36.2 Å². The van der Waals surface area contributed by atoms with E-state index in [2.05, 4.69) is 5.32 Å². The molecule has 0 aliphatic carbocycles. The van der Waals surface area contributed by atoms with Crippen LogP contribution in [0.2, 0.25) is 0 Å². The van der Waals surface area contributed by atoms with Crippen molar-refractivity contribution in [3.05, 3.63) is 96.1 Å². The number of amides is 2. The van der Waals surface area contributed by atoms with Gasteiger partial charge in [0.1, 0.15) is 0 Å². The zero-order chi connectivity index (χ0) is 20.6. The second-order valence-electron chi connectivity index (χ2n) is 6.97. The van der Waals surface area contributed by atoms with E-state index in [1.807, 2.05) is 72.6 Å². The standard InChI is InChI=1S/C24H25N3O2/c1-26(22-14-7-4-8-15-22)18-23(28)25-21-13-9-12-20(16-21)24(29)27(2)17-19-10-5-3-6-11-19/h3-16H,17-18H2,1-2H3,(H,25,28). The molecule has 2 amide bonds. The number of carbonyl (C=O) groups is 2. The van der Waals surface area contributed by atoms with Gasteiger partial charge in [-0.05, 0) is 35.9 Å². The summed E-state index contributed by atoms with van der Waals surface area (Å²) in [6.07, 6.45) is 0. The molecule has 0 spiro atoms. The Bertz CT molecular complexity index is 958. The zero-order valence-corrected chi connectivity index (χ0v) is 16.7. The first-order valence-corrected chi connectivity index (χ1v) is 9.48. The molecule has 3 rings (SSSR count). The number of nitrogens with zero attached hydrogens (tertiary/aromatic N) is 2. The Hall–Kier alpha value is -3.60. The highest BCUT2D eigenvalue weighted by Crippen LogP contribution is 2.15. The molecule has 3 aromatic carbocycles. The number of rotatable bonds is 7. The lowest BCUT2D eigenvalue weighted by Gasteiger charge is -2.19. The number of carbonyl (C=O) groups excluding carboxylic acids is 2. The van der Waals surface area contributed by atoms with Crippen molar-refractivity contribution in [2.45, 2.75) is 6.54 Å². The predicted octanol–water partition coefficient (Wildman–Crippen LogP) is 4.03. The van der Waals surface area contributed by atoms with Crippen LogP contribution in [-0.2, 0) is 11.3 Å². The summed E-state index contributed by atoms with van der Waals surface area (Å²) < 4.78 is 0. The highest BCUT2D eigenvalue weighted by Gasteiger charge is 2.14. The summed E-state index contributed by atoms with van der Waals surface area (Å²) in [6, 6.07) is 26.6. The fourth-order valence-corrected chi connectivity index (χ4v) is 3.07. The molecule has 0 radical (unpaired) electrons. The third-order valence-electron chi connectivity index (χ3n) is 4.58. The molecule has 29 heavy (non-hydrogen) atoms. The van der Waals surface area contributed by atoms with E-state index in [4.69, 9.17) is 0 Å². The van der Waals surface area contributed by atoms with Crippen molar-refractivity contribution in [3.63, 3.8) is 0 Å². The molecular formula is C24H25N3O2. The SMILES string of the molecule is CN(Cc1ccccc1)C(=O)c1cccc(NC(=O)CN(C)c2ccccc2)c1. The average molecular weight is 387 g/mol. The summed E-state index contributed by atoms with van der Waals surface area (Å²) in [6.45, 7) is 0.744. The molecule has 148 valence electrons. The topological polar surface area (TPSA) is 52.7 Å². The highest BCUT2D eigenvalue weighted by atomic mass is 16.2. The van der Waals surface area contributed by atoms with Gasteiger partial charge in [0.15, 0.2) is 0 Å². The number of nitrogens with one attached hydrogen (secondary N) is 1. The number of benzene rings is 3.